The molecule has 0 bridgehead atoms. The molecule has 0 aromatic carbocycles. The molecule has 0 aromatic heterocycles. The van der Waals surface area contributed by atoms with Crippen LogP contribution in [0.4, 0.5) is 0 Å². The Morgan fingerprint density at radius 2 is 1.84 bits per heavy atom. The first-order chi connectivity index (χ1) is 9.11. The van der Waals surface area contributed by atoms with Crippen LogP contribution < -0.4 is 10.6 Å². The molecule has 19 heavy (non-hydrogen) atoms. The summed E-state index contributed by atoms with van der Waals surface area (Å²) in [7, 11) is 0. The van der Waals surface area contributed by atoms with E-state index >= 15 is 0 Å². The molecule has 0 aliphatic carbocycles. The number of hydrogen-bond acceptors (Lipinski definition) is 2. The number of rotatable bonds is 8. The number of nitrogens with one attached hydrogen (secondary N) is 2. The van der Waals surface area contributed by atoms with Crippen molar-refractivity contribution in [2.45, 2.75) is 48.0 Å². The number of amides is 1. The topological polar surface area (TPSA) is 41.1 Å². The molecule has 0 aromatic rings. The lowest BCUT2D eigenvalue weighted by Crippen LogP contribution is -2.34. The van der Waals surface area contributed by atoms with Gasteiger partial charge in [0.05, 0.1) is 0 Å². The quantitative estimate of drug-likeness (QED) is 0.524. The van der Waals surface area contributed by atoms with Crippen LogP contribution in [0.25, 0.3) is 0 Å². The van der Waals surface area contributed by atoms with Crippen molar-refractivity contribution < 1.29 is 4.79 Å². The third kappa shape index (κ3) is 13.1. The van der Waals surface area contributed by atoms with Crippen LogP contribution >= 0.6 is 0 Å². The summed E-state index contributed by atoms with van der Waals surface area (Å²) < 4.78 is 0. The summed E-state index contributed by atoms with van der Waals surface area (Å²) in [5.41, 5.74) is 1.29. The van der Waals surface area contributed by atoms with E-state index in [1.54, 1.807) is 6.92 Å². The molecule has 0 radical (unpaired) electrons. The highest BCUT2D eigenvalue weighted by molar-refractivity contribution is 5.72. The zero-order valence-corrected chi connectivity index (χ0v) is 13.5. The fourth-order valence-corrected chi connectivity index (χ4v) is 1.50. The molecule has 1 atom stereocenters. The molecule has 0 rings (SSSR count). The molecule has 0 heterocycles. The predicted octanol–water partition coefficient (Wildman–Crippen LogP) is 3.29. The fraction of sp³-hybridized carbons (Fsp3) is 0.688. The van der Waals surface area contributed by atoms with E-state index in [2.05, 4.69) is 30.6 Å². The van der Waals surface area contributed by atoms with Crippen molar-refractivity contribution in [2.75, 3.05) is 19.6 Å². The summed E-state index contributed by atoms with van der Waals surface area (Å²) >= 11 is 0. The van der Waals surface area contributed by atoms with Gasteiger partial charge in [-0.3, -0.25) is 4.79 Å². The Morgan fingerprint density at radius 1 is 1.21 bits per heavy atom. The van der Waals surface area contributed by atoms with Crippen LogP contribution in [0.5, 0.6) is 0 Å². The zero-order valence-electron chi connectivity index (χ0n) is 13.5. The van der Waals surface area contributed by atoms with E-state index in [0.717, 1.165) is 19.5 Å². The second kappa shape index (κ2) is 15.0. The van der Waals surface area contributed by atoms with E-state index < -0.39 is 0 Å². The average molecular weight is 268 g/mol. The van der Waals surface area contributed by atoms with E-state index in [0.29, 0.717) is 12.5 Å². The van der Waals surface area contributed by atoms with Crippen molar-refractivity contribution in [1.82, 2.24) is 10.6 Å². The predicted molar refractivity (Wildman–Crippen MR) is 85.3 cm³/mol. The summed E-state index contributed by atoms with van der Waals surface area (Å²) in [6.45, 7) is 14.5. The highest BCUT2D eigenvalue weighted by Crippen LogP contribution is 2.09. The van der Waals surface area contributed by atoms with Crippen molar-refractivity contribution in [3.63, 3.8) is 0 Å². The zero-order chi connectivity index (χ0) is 15.1. The van der Waals surface area contributed by atoms with E-state index in [1.807, 2.05) is 32.9 Å². The minimum Gasteiger partial charge on any atom is -0.356 e. The second-order valence-corrected chi connectivity index (χ2v) is 4.27. The van der Waals surface area contributed by atoms with Gasteiger partial charge >= 0.3 is 0 Å². The van der Waals surface area contributed by atoms with Crippen molar-refractivity contribution in [1.29, 1.82) is 0 Å². The molecular weight excluding hydrogens is 236 g/mol. The molecule has 2 N–H and O–H groups in total. The van der Waals surface area contributed by atoms with Gasteiger partial charge in [-0.25, -0.2) is 0 Å². The lowest BCUT2D eigenvalue weighted by atomic mass is 9.99. The van der Waals surface area contributed by atoms with Gasteiger partial charge in [0.15, 0.2) is 0 Å². The lowest BCUT2D eigenvalue weighted by molar-refractivity contribution is -0.119. The summed E-state index contributed by atoms with van der Waals surface area (Å²) in [4.78, 5) is 10.9. The third-order valence-electron chi connectivity index (χ3n) is 2.61. The van der Waals surface area contributed by atoms with Gasteiger partial charge in [0.2, 0.25) is 5.91 Å². The Labute approximate surface area is 119 Å². The highest BCUT2D eigenvalue weighted by Gasteiger charge is 2.10. The summed E-state index contributed by atoms with van der Waals surface area (Å²) in [5.74, 6) is 0.394. The van der Waals surface area contributed by atoms with Gasteiger partial charge in [0, 0.05) is 25.9 Å². The Kier molecular flexibility index (Phi) is 15.9. The molecule has 0 aliphatic rings. The summed E-state index contributed by atoms with van der Waals surface area (Å²) in [6, 6.07) is 0. The van der Waals surface area contributed by atoms with Gasteiger partial charge in [0.25, 0.3) is 0 Å². The van der Waals surface area contributed by atoms with Gasteiger partial charge in [-0.1, -0.05) is 44.6 Å². The Bertz CT molecular complexity index is 270. The molecule has 3 nitrogen and oxygen atoms in total. The molecule has 0 saturated heterocycles. The maximum Gasteiger partial charge on any atom is 0.216 e. The second-order valence-electron chi connectivity index (χ2n) is 4.27. The maximum absolute atomic E-state index is 10.9. The highest BCUT2D eigenvalue weighted by atomic mass is 16.1. The van der Waals surface area contributed by atoms with Crippen molar-refractivity contribution >= 4 is 5.91 Å². The lowest BCUT2D eigenvalue weighted by Gasteiger charge is -2.18. The largest absolute Gasteiger partial charge is 0.356 e. The minimum atomic E-state index is 0.0318. The van der Waals surface area contributed by atoms with Crippen molar-refractivity contribution in [2.24, 2.45) is 5.92 Å². The monoisotopic (exact) mass is 268 g/mol. The molecular formula is C16H32N2O. The van der Waals surface area contributed by atoms with E-state index in [-0.39, 0.29) is 5.91 Å². The SMILES string of the molecule is C/C=C\C=C(/C)C(CNCCC)CNC(C)=O.CC. The minimum absolute atomic E-state index is 0.0318. The van der Waals surface area contributed by atoms with Crippen LogP contribution in [0.3, 0.4) is 0 Å². The smallest absolute Gasteiger partial charge is 0.216 e. The first-order valence-corrected chi connectivity index (χ1v) is 7.36. The van der Waals surface area contributed by atoms with Crippen LogP contribution in [0, 0.1) is 5.92 Å². The van der Waals surface area contributed by atoms with Gasteiger partial charge in [-0.05, 0) is 26.8 Å². The Hall–Kier alpha value is -1.09. The van der Waals surface area contributed by atoms with E-state index in [4.69, 9.17) is 0 Å². The molecule has 112 valence electrons. The number of hydrogen-bond donors (Lipinski definition) is 2. The number of allylic oxidation sites excluding steroid dienone is 3. The number of carbonyl (C=O) groups is 1. The van der Waals surface area contributed by atoms with Crippen molar-refractivity contribution in [3.05, 3.63) is 23.8 Å². The van der Waals surface area contributed by atoms with E-state index in [1.165, 1.54) is 5.57 Å². The summed E-state index contributed by atoms with van der Waals surface area (Å²) in [5, 5.41) is 6.29. The average Bonchev–Trinajstić information content (AvgIpc) is 2.42. The summed E-state index contributed by atoms with van der Waals surface area (Å²) in [6.07, 6.45) is 7.29. The van der Waals surface area contributed by atoms with Crippen LogP contribution in [0.15, 0.2) is 23.8 Å². The molecule has 1 unspecified atom stereocenters. The van der Waals surface area contributed by atoms with Crippen molar-refractivity contribution in [3.8, 4) is 0 Å². The molecule has 1 amide bonds. The number of carbonyl (C=O) groups excluding carboxylic acids is 1. The first-order valence-electron chi connectivity index (χ1n) is 7.36. The van der Waals surface area contributed by atoms with Crippen LogP contribution in [0.1, 0.15) is 48.0 Å². The molecule has 0 fully saturated rings. The molecule has 0 aliphatic heterocycles. The first kappa shape index (κ1) is 20.2. The third-order valence-corrected chi connectivity index (χ3v) is 2.61. The molecule has 0 spiro atoms. The van der Waals surface area contributed by atoms with Gasteiger partial charge in [-0.2, -0.15) is 0 Å². The standard InChI is InChI=1S/C14H26N2O.C2H6/c1-5-7-8-12(3)14(10-15-9-6-2)11-16-13(4)17;1-2/h5,7-8,14-15H,6,9-11H2,1-4H3,(H,16,17);1-2H3/b7-5-,12-8+;. The van der Waals surface area contributed by atoms with Gasteiger partial charge in [0.1, 0.15) is 0 Å². The van der Waals surface area contributed by atoms with E-state index in [9.17, 15) is 4.79 Å². The van der Waals surface area contributed by atoms with Crippen LogP contribution in [-0.2, 0) is 4.79 Å². The molecule has 3 heteroatoms. The van der Waals surface area contributed by atoms with Crippen LogP contribution in [0.2, 0.25) is 0 Å². The normalized spacial score (nSPS) is 12.8. The molecule has 0 saturated carbocycles. The maximum atomic E-state index is 10.9. The Morgan fingerprint density at radius 3 is 2.32 bits per heavy atom. The Balaban J connectivity index is 0. The van der Waals surface area contributed by atoms with Gasteiger partial charge < -0.3 is 10.6 Å². The van der Waals surface area contributed by atoms with Gasteiger partial charge in [-0.15, -0.1) is 0 Å². The fourth-order valence-electron chi connectivity index (χ4n) is 1.50. The van der Waals surface area contributed by atoms with Crippen LogP contribution in [-0.4, -0.2) is 25.5 Å².